The number of fused-ring (bicyclic) bond motifs is 1. The Balaban J connectivity index is 1.47. The molecule has 4 rings (SSSR count). The summed E-state index contributed by atoms with van der Waals surface area (Å²) >= 11 is 3.29. The average molecular weight is 430 g/mol. The molecular weight excluding hydrogens is 410 g/mol. The predicted molar refractivity (Wildman–Crippen MR) is 107 cm³/mol. The minimum Gasteiger partial charge on any atom is -0.448 e. The molecule has 0 radical (unpaired) electrons. The van der Waals surface area contributed by atoms with Crippen LogP contribution < -0.4 is 5.32 Å². The van der Waals surface area contributed by atoms with Gasteiger partial charge in [0.1, 0.15) is 5.69 Å². The Labute approximate surface area is 165 Å². The highest BCUT2D eigenvalue weighted by Crippen LogP contribution is 2.26. The molecule has 0 aliphatic carbocycles. The summed E-state index contributed by atoms with van der Waals surface area (Å²) in [5, 5.41) is 2.87. The number of furan rings is 1. The molecule has 140 valence electrons. The number of carbonyl (C=O) groups excluding carboxylic acids is 2. The van der Waals surface area contributed by atoms with E-state index in [0.29, 0.717) is 27.2 Å². The third-order valence-electron chi connectivity index (χ3n) is 4.97. The number of hydrogen-bond donors (Lipinski definition) is 1. The fourth-order valence-corrected chi connectivity index (χ4v) is 3.86. The molecule has 0 saturated carbocycles. The Morgan fingerprint density at radius 2 is 1.78 bits per heavy atom. The van der Waals surface area contributed by atoms with E-state index in [0.717, 1.165) is 31.4 Å². The first kappa shape index (κ1) is 17.9. The van der Waals surface area contributed by atoms with Crippen molar-refractivity contribution in [2.75, 3.05) is 18.4 Å². The van der Waals surface area contributed by atoms with Crippen LogP contribution >= 0.6 is 15.9 Å². The number of rotatable bonds is 3. The van der Waals surface area contributed by atoms with Crippen molar-refractivity contribution in [3.8, 4) is 0 Å². The lowest BCUT2D eigenvalue weighted by Crippen LogP contribution is -2.35. The number of nitrogens with zero attached hydrogens (tertiary/aromatic N) is 2. The largest absolute Gasteiger partial charge is 0.448 e. The van der Waals surface area contributed by atoms with Gasteiger partial charge in [0, 0.05) is 43.5 Å². The number of anilines is 1. The van der Waals surface area contributed by atoms with Gasteiger partial charge in [0.2, 0.25) is 0 Å². The molecule has 1 N–H and O–H groups in total. The second-order valence-corrected chi connectivity index (χ2v) is 7.55. The number of halogens is 1. The van der Waals surface area contributed by atoms with Crippen LogP contribution in [0.15, 0.2) is 45.5 Å². The van der Waals surface area contributed by atoms with Crippen LogP contribution in [0.25, 0.3) is 11.1 Å². The molecule has 0 spiro atoms. The SMILES string of the molecule is Cn1c(C(=O)Nc2ccc(C(=O)N3CCCCC3)cc2)cc2oc(Br)cc21. The van der Waals surface area contributed by atoms with E-state index in [1.165, 1.54) is 6.42 Å². The monoisotopic (exact) mass is 429 g/mol. The highest BCUT2D eigenvalue weighted by Gasteiger charge is 2.19. The molecule has 1 fully saturated rings. The maximum atomic E-state index is 12.6. The van der Waals surface area contributed by atoms with E-state index in [9.17, 15) is 9.59 Å². The number of aromatic nitrogens is 1. The quantitative estimate of drug-likeness (QED) is 0.670. The number of likely N-dealkylation sites (tertiary alicyclic amines) is 1. The Morgan fingerprint density at radius 1 is 1.07 bits per heavy atom. The van der Waals surface area contributed by atoms with E-state index in [4.69, 9.17) is 4.42 Å². The Morgan fingerprint density at radius 3 is 2.44 bits per heavy atom. The summed E-state index contributed by atoms with van der Waals surface area (Å²) in [7, 11) is 1.82. The fourth-order valence-electron chi connectivity index (χ4n) is 3.47. The fraction of sp³-hybridized carbons (Fsp3) is 0.300. The van der Waals surface area contributed by atoms with Crippen molar-refractivity contribution in [3.63, 3.8) is 0 Å². The summed E-state index contributed by atoms with van der Waals surface area (Å²) in [5.74, 6) is -0.170. The average Bonchev–Trinajstić information content (AvgIpc) is 3.20. The lowest BCUT2D eigenvalue weighted by Gasteiger charge is -2.26. The van der Waals surface area contributed by atoms with Crippen LogP contribution in [0.5, 0.6) is 0 Å². The van der Waals surface area contributed by atoms with E-state index < -0.39 is 0 Å². The molecule has 7 heteroatoms. The topological polar surface area (TPSA) is 67.5 Å². The van der Waals surface area contributed by atoms with Gasteiger partial charge < -0.3 is 19.2 Å². The van der Waals surface area contributed by atoms with Gasteiger partial charge >= 0.3 is 0 Å². The van der Waals surface area contributed by atoms with Gasteiger partial charge in [0.05, 0.1) is 5.52 Å². The minimum atomic E-state index is -0.227. The molecule has 0 bridgehead atoms. The summed E-state index contributed by atoms with van der Waals surface area (Å²) in [5.41, 5.74) is 3.29. The van der Waals surface area contributed by atoms with Gasteiger partial charge in [0.25, 0.3) is 11.8 Å². The highest BCUT2D eigenvalue weighted by molar-refractivity contribution is 9.10. The normalized spacial score (nSPS) is 14.5. The lowest BCUT2D eigenvalue weighted by atomic mass is 10.1. The van der Waals surface area contributed by atoms with Gasteiger partial charge in [-0.2, -0.15) is 0 Å². The summed E-state index contributed by atoms with van der Waals surface area (Å²) in [6.07, 6.45) is 3.32. The molecule has 2 aromatic heterocycles. The molecule has 1 aliphatic heterocycles. The van der Waals surface area contributed by atoms with Crippen molar-refractivity contribution in [2.45, 2.75) is 19.3 Å². The van der Waals surface area contributed by atoms with Crippen LogP contribution in [0.1, 0.15) is 40.1 Å². The van der Waals surface area contributed by atoms with E-state index in [1.54, 1.807) is 34.9 Å². The number of aryl methyl sites for hydroxylation is 1. The van der Waals surface area contributed by atoms with Crippen LogP contribution in [0.3, 0.4) is 0 Å². The van der Waals surface area contributed by atoms with Crippen LogP contribution in [0.2, 0.25) is 0 Å². The number of hydrogen-bond acceptors (Lipinski definition) is 3. The van der Waals surface area contributed by atoms with Gasteiger partial charge in [-0.05, 0) is 59.5 Å². The molecule has 2 amide bonds. The number of piperidine rings is 1. The molecule has 1 saturated heterocycles. The predicted octanol–water partition coefficient (Wildman–Crippen LogP) is 4.41. The van der Waals surface area contributed by atoms with Gasteiger partial charge in [-0.15, -0.1) is 0 Å². The zero-order chi connectivity index (χ0) is 19.0. The summed E-state index contributed by atoms with van der Waals surface area (Å²) in [6, 6.07) is 10.6. The molecule has 0 atom stereocenters. The van der Waals surface area contributed by atoms with Crippen molar-refractivity contribution < 1.29 is 14.0 Å². The number of benzene rings is 1. The third-order valence-corrected chi connectivity index (χ3v) is 5.36. The van der Waals surface area contributed by atoms with Gasteiger partial charge in [0.15, 0.2) is 10.3 Å². The van der Waals surface area contributed by atoms with Crippen molar-refractivity contribution in [3.05, 3.63) is 52.3 Å². The van der Waals surface area contributed by atoms with Crippen molar-refractivity contribution in [1.29, 1.82) is 0 Å². The molecule has 3 aromatic rings. The molecule has 6 nitrogen and oxygen atoms in total. The molecule has 27 heavy (non-hydrogen) atoms. The summed E-state index contributed by atoms with van der Waals surface area (Å²) < 4.78 is 7.92. The van der Waals surface area contributed by atoms with Crippen LogP contribution in [-0.4, -0.2) is 34.4 Å². The van der Waals surface area contributed by atoms with Crippen molar-refractivity contribution in [2.24, 2.45) is 7.05 Å². The Bertz CT molecular complexity index is 998. The molecule has 1 aliphatic rings. The number of carbonyl (C=O) groups is 2. The van der Waals surface area contributed by atoms with Gasteiger partial charge in [-0.3, -0.25) is 9.59 Å². The standard InChI is InChI=1S/C20H20BrN3O3/c1-23-15-12-18(21)27-17(15)11-16(23)19(25)22-14-7-5-13(6-8-14)20(26)24-9-3-2-4-10-24/h5-8,11-12H,2-4,9-10H2,1H3,(H,22,25). The Kier molecular flexibility index (Phi) is 4.78. The number of amides is 2. The first-order valence-electron chi connectivity index (χ1n) is 8.98. The van der Waals surface area contributed by atoms with Gasteiger partial charge in [-0.1, -0.05) is 0 Å². The van der Waals surface area contributed by atoms with Crippen LogP contribution in [-0.2, 0) is 7.05 Å². The van der Waals surface area contributed by atoms with E-state index >= 15 is 0 Å². The first-order chi connectivity index (χ1) is 13.0. The summed E-state index contributed by atoms with van der Waals surface area (Å²) in [6.45, 7) is 1.64. The van der Waals surface area contributed by atoms with Crippen molar-refractivity contribution >= 4 is 44.5 Å². The van der Waals surface area contributed by atoms with Crippen molar-refractivity contribution in [1.82, 2.24) is 9.47 Å². The smallest absolute Gasteiger partial charge is 0.272 e. The zero-order valence-electron chi connectivity index (χ0n) is 15.0. The van der Waals surface area contributed by atoms with Gasteiger partial charge in [-0.25, -0.2) is 0 Å². The third kappa shape index (κ3) is 3.51. The molecule has 3 heterocycles. The minimum absolute atomic E-state index is 0.0564. The first-order valence-corrected chi connectivity index (χ1v) is 9.78. The lowest BCUT2D eigenvalue weighted by molar-refractivity contribution is 0.0724. The van der Waals surface area contributed by atoms with Crippen LogP contribution in [0.4, 0.5) is 5.69 Å². The van der Waals surface area contributed by atoms with E-state index in [1.807, 2.05) is 18.0 Å². The summed E-state index contributed by atoms with van der Waals surface area (Å²) in [4.78, 5) is 27.0. The number of nitrogens with one attached hydrogen (secondary N) is 1. The molecular formula is C20H20BrN3O3. The molecule has 0 unspecified atom stereocenters. The second kappa shape index (κ2) is 7.23. The Hall–Kier alpha value is -2.54. The maximum Gasteiger partial charge on any atom is 0.272 e. The van der Waals surface area contributed by atoms with Crippen LogP contribution in [0, 0.1) is 0 Å². The zero-order valence-corrected chi connectivity index (χ0v) is 16.6. The highest BCUT2D eigenvalue weighted by atomic mass is 79.9. The second-order valence-electron chi connectivity index (χ2n) is 6.77. The van der Waals surface area contributed by atoms with E-state index in [2.05, 4.69) is 21.2 Å². The maximum absolute atomic E-state index is 12.6. The molecule has 1 aromatic carbocycles. The van der Waals surface area contributed by atoms with E-state index in [-0.39, 0.29) is 11.8 Å².